The van der Waals surface area contributed by atoms with Crippen LogP contribution in [0.2, 0.25) is 0 Å². The summed E-state index contributed by atoms with van der Waals surface area (Å²) in [4.78, 5) is 15.9. The summed E-state index contributed by atoms with van der Waals surface area (Å²) in [6.07, 6.45) is 0.338. The van der Waals surface area contributed by atoms with Gasteiger partial charge in [0.05, 0.1) is 18.4 Å². The molecule has 0 aliphatic carbocycles. The van der Waals surface area contributed by atoms with E-state index in [1.54, 1.807) is 19.1 Å². The Morgan fingerprint density at radius 2 is 1.95 bits per heavy atom. The van der Waals surface area contributed by atoms with Crippen LogP contribution in [0.25, 0.3) is 12.2 Å². The van der Waals surface area contributed by atoms with Gasteiger partial charge in [0.1, 0.15) is 9.88 Å². The molecule has 0 fully saturated rings. The average molecular weight is 327 g/mol. The van der Waals surface area contributed by atoms with Gasteiger partial charge < -0.3 is 4.74 Å². The first-order chi connectivity index (χ1) is 10.4. The molecule has 1 aromatic carbocycles. The van der Waals surface area contributed by atoms with Gasteiger partial charge >= 0.3 is 12.1 Å². The Bertz CT molecular complexity index is 675. The lowest BCUT2D eigenvalue weighted by Gasteiger charge is -2.05. The van der Waals surface area contributed by atoms with Crippen LogP contribution in [0.15, 0.2) is 30.5 Å². The third-order valence-corrected chi connectivity index (χ3v) is 3.60. The van der Waals surface area contributed by atoms with Crippen LogP contribution in [0.3, 0.4) is 0 Å². The van der Waals surface area contributed by atoms with E-state index in [-0.39, 0.29) is 6.61 Å². The van der Waals surface area contributed by atoms with Crippen molar-refractivity contribution in [3.63, 3.8) is 0 Å². The maximum absolute atomic E-state index is 12.4. The molecule has 0 amide bonds. The molecule has 2 rings (SSSR count). The molecule has 0 aliphatic rings. The fourth-order valence-electron chi connectivity index (χ4n) is 1.61. The number of carbonyl (C=O) groups is 1. The molecule has 0 bridgehead atoms. The normalized spacial score (nSPS) is 11.8. The number of rotatable bonds is 4. The first kappa shape index (κ1) is 16.2. The maximum atomic E-state index is 12.4. The zero-order valence-electron chi connectivity index (χ0n) is 11.6. The second kappa shape index (κ2) is 6.74. The van der Waals surface area contributed by atoms with E-state index in [2.05, 4.69) is 4.98 Å². The molecular weight excluding hydrogens is 315 g/mol. The number of thiazole rings is 1. The Kier molecular flexibility index (Phi) is 4.97. The van der Waals surface area contributed by atoms with Gasteiger partial charge in [0.15, 0.2) is 0 Å². The number of esters is 1. The van der Waals surface area contributed by atoms with Crippen molar-refractivity contribution in [1.29, 1.82) is 0 Å². The summed E-state index contributed by atoms with van der Waals surface area (Å²) in [5.74, 6) is -0.436. The van der Waals surface area contributed by atoms with Crippen molar-refractivity contribution in [2.45, 2.75) is 13.1 Å². The van der Waals surface area contributed by atoms with Gasteiger partial charge in [-0.1, -0.05) is 18.2 Å². The summed E-state index contributed by atoms with van der Waals surface area (Å²) in [7, 11) is 0. The van der Waals surface area contributed by atoms with Crippen LogP contribution >= 0.6 is 11.3 Å². The lowest BCUT2D eigenvalue weighted by molar-refractivity contribution is -0.137. The number of aromatic nitrogens is 1. The minimum Gasteiger partial charge on any atom is -0.462 e. The van der Waals surface area contributed by atoms with E-state index in [0.717, 1.165) is 23.5 Å². The van der Waals surface area contributed by atoms with Gasteiger partial charge in [-0.05, 0) is 30.7 Å². The first-order valence-electron chi connectivity index (χ1n) is 6.38. The van der Waals surface area contributed by atoms with E-state index in [1.165, 1.54) is 18.3 Å². The van der Waals surface area contributed by atoms with Crippen LogP contribution in [0.4, 0.5) is 13.2 Å². The molecule has 0 spiro atoms. The van der Waals surface area contributed by atoms with Gasteiger partial charge in [0.25, 0.3) is 0 Å². The third kappa shape index (κ3) is 4.17. The Balaban J connectivity index is 2.07. The summed E-state index contributed by atoms with van der Waals surface area (Å²) in [6.45, 7) is 2.00. The molecule has 0 radical (unpaired) electrons. The van der Waals surface area contributed by atoms with Crippen LogP contribution in [0.1, 0.15) is 32.7 Å². The zero-order chi connectivity index (χ0) is 16.2. The van der Waals surface area contributed by atoms with Crippen molar-refractivity contribution in [3.8, 4) is 0 Å². The number of hydrogen-bond acceptors (Lipinski definition) is 4. The van der Waals surface area contributed by atoms with Crippen molar-refractivity contribution in [2.24, 2.45) is 0 Å². The number of ether oxygens (including phenoxy) is 1. The quantitative estimate of drug-likeness (QED) is 0.776. The molecule has 0 N–H and O–H groups in total. The molecular formula is C15H12F3NO2S. The largest absolute Gasteiger partial charge is 0.462 e. The number of carbonyl (C=O) groups excluding carboxylic acids is 1. The van der Waals surface area contributed by atoms with E-state index >= 15 is 0 Å². The number of nitrogens with zero attached hydrogens (tertiary/aromatic N) is 1. The van der Waals surface area contributed by atoms with Crippen molar-refractivity contribution >= 4 is 29.5 Å². The lowest BCUT2D eigenvalue weighted by atomic mass is 10.1. The molecule has 22 heavy (non-hydrogen) atoms. The van der Waals surface area contributed by atoms with Crippen molar-refractivity contribution < 1.29 is 22.7 Å². The fraction of sp³-hybridized carbons (Fsp3) is 0.200. The molecule has 0 aliphatic heterocycles. The van der Waals surface area contributed by atoms with E-state index in [4.69, 9.17) is 4.74 Å². The molecule has 2 aromatic rings. The van der Waals surface area contributed by atoms with Gasteiger partial charge in [0.2, 0.25) is 0 Å². The van der Waals surface area contributed by atoms with E-state index < -0.39 is 17.7 Å². The van der Waals surface area contributed by atoms with Gasteiger partial charge in [-0.2, -0.15) is 13.2 Å². The minimum absolute atomic E-state index is 0.285. The Hall–Kier alpha value is -2.15. The third-order valence-electron chi connectivity index (χ3n) is 2.66. The zero-order valence-corrected chi connectivity index (χ0v) is 12.4. The Morgan fingerprint density at radius 3 is 2.55 bits per heavy atom. The van der Waals surface area contributed by atoms with Crippen molar-refractivity contribution in [1.82, 2.24) is 4.98 Å². The smallest absolute Gasteiger partial charge is 0.416 e. The lowest BCUT2D eigenvalue weighted by Crippen LogP contribution is -2.03. The van der Waals surface area contributed by atoms with Gasteiger partial charge in [0, 0.05) is 0 Å². The SMILES string of the molecule is CCOC(=O)c1cnc(/C=C/c2ccc(C(F)(F)F)cc2)s1. The predicted octanol–water partition coefficient (Wildman–Crippen LogP) is 4.51. The molecule has 0 saturated heterocycles. The second-order valence-electron chi connectivity index (χ2n) is 4.24. The highest BCUT2D eigenvalue weighted by Gasteiger charge is 2.29. The topological polar surface area (TPSA) is 39.2 Å². The summed E-state index contributed by atoms with van der Waals surface area (Å²) >= 11 is 1.16. The maximum Gasteiger partial charge on any atom is 0.416 e. The highest BCUT2D eigenvalue weighted by Crippen LogP contribution is 2.29. The molecule has 3 nitrogen and oxygen atoms in total. The molecule has 0 unspecified atom stereocenters. The molecule has 0 saturated carbocycles. The summed E-state index contributed by atoms with van der Waals surface area (Å²) < 4.78 is 42.2. The fourth-order valence-corrected chi connectivity index (χ4v) is 2.33. The average Bonchev–Trinajstić information content (AvgIpc) is 2.94. The van der Waals surface area contributed by atoms with Crippen LogP contribution < -0.4 is 0 Å². The van der Waals surface area contributed by atoms with Crippen LogP contribution in [0.5, 0.6) is 0 Å². The minimum atomic E-state index is -4.34. The number of hydrogen-bond donors (Lipinski definition) is 0. The van der Waals surface area contributed by atoms with Crippen LogP contribution in [-0.4, -0.2) is 17.6 Å². The van der Waals surface area contributed by atoms with Crippen LogP contribution in [-0.2, 0) is 10.9 Å². The summed E-state index contributed by atoms with van der Waals surface area (Å²) in [5, 5.41) is 0.572. The Morgan fingerprint density at radius 1 is 1.27 bits per heavy atom. The monoisotopic (exact) mass is 327 g/mol. The van der Waals surface area contributed by atoms with Crippen molar-refractivity contribution in [3.05, 3.63) is 51.5 Å². The van der Waals surface area contributed by atoms with E-state index in [0.29, 0.717) is 15.4 Å². The second-order valence-corrected chi connectivity index (χ2v) is 5.30. The van der Waals surface area contributed by atoms with Gasteiger partial charge in [-0.3, -0.25) is 0 Å². The molecule has 7 heteroatoms. The molecule has 1 heterocycles. The highest BCUT2D eigenvalue weighted by molar-refractivity contribution is 7.14. The number of alkyl halides is 3. The summed E-state index contributed by atoms with van der Waals surface area (Å²) in [6, 6.07) is 4.79. The Labute approximate surface area is 129 Å². The molecule has 1 aromatic heterocycles. The molecule has 116 valence electrons. The highest BCUT2D eigenvalue weighted by atomic mass is 32.1. The van der Waals surface area contributed by atoms with Gasteiger partial charge in [-0.25, -0.2) is 9.78 Å². The molecule has 0 atom stereocenters. The standard InChI is InChI=1S/C15H12F3NO2S/c1-2-21-14(20)12-9-19-13(22-12)8-5-10-3-6-11(7-4-10)15(16,17)18/h3-9H,2H2,1H3/b8-5+. The van der Waals surface area contributed by atoms with E-state index in [1.807, 2.05) is 0 Å². The number of benzene rings is 1. The van der Waals surface area contributed by atoms with Crippen LogP contribution in [0, 0.1) is 0 Å². The predicted molar refractivity (Wildman–Crippen MR) is 78.4 cm³/mol. The van der Waals surface area contributed by atoms with Crippen molar-refractivity contribution in [2.75, 3.05) is 6.61 Å². The van der Waals surface area contributed by atoms with E-state index in [9.17, 15) is 18.0 Å². The first-order valence-corrected chi connectivity index (χ1v) is 7.20. The number of halogens is 3. The summed E-state index contributed by atoms with van der Waals surface area (Å²) in [5.41, 5.74) is -0.0793. The van der Waals surface area contributed by atoms with Gasteiger partial charge in [-0.15, -0.1) is 11.3 Å².